The molecule has 11 heavy (non-hydrogen) atoms. The molecular weight excluding hydrogens is 227 g/mol. The molecule has 0 aromatic heterocycles. The summed E-state index contributed by atoms with van der Waals surface area (Å²) in [5.74, 6) is 1.02. The molecule has 3 rings (SSSR count). The number of rotatable bonds is 0. The van der Waals surface area contributed by atoms with E-state index in [1.165, 1.54) is 19.3 Å². The molecule has 0 nitrogen and oxygen atoms in total. The molecular formula is C10H16Pd. The van der Waals surface area contributed by atoms with Crippen LogP contribution in [0.1, 0.15) is 40.0 Å². The van der Waals surface area contributed by atoms with E-state index in [0.717, 1.165) is 5.92 Å². The number of hydrogen-bond acceptors (Lipinski definition) is 0. The van der Waals surface area contributed by atoms with Gasteiger partial charge in [0.25, 0.3) is 0 Å². The molecule has 0 heterocycles. The SMILES string of the molecule is CC1=C2CC(CC1)C2(C)C.[Pd]. The molecule has 0 aliphatic heterocycles. The molecule has 1 fully saturated rings. The predicted molar refractivity (Wildman–Crippen MR) is 43.8 cm³/mol. The van der Waals surface area contributed by atoms with Crippen molar-refractivity contribution < 1.29 is 20.4 Å². The van der Waals surface area contributed by atoms with Gasteiger partial charge in [-0.1, -0.05) is 25.0 Å². The van der Waals surface area contributed by atoms with Gasteiger partial charge in [-0.25, -0.2) is 0 Å². The van der Waals surface area contributed by atoms with Crippen molar-refractivity contribution in [3.05, 3.63) is 11.1 Å². The second-order valence-corrected chi connectivity index (χ2v) is 4.42. The summed E-state index contributed by atoms with van der Waals surface area (Å²) in [5, 5.41) is 0. The van der Waals surface area contributed by atoms with Crippen LogP contribution in [-0.2, 0) is 20.4 Å². The third kappa shape index (κ3) is 1.14. The molecule has 1 atom stereocenters. The molecule has 1 heteroatoms. The van der Waals surface area contributed by atoms with Gasteiger partial charge in [-0.05, 0) is 37.5 Å². The largest absolute Gasteiger partial charge is 0.0735 e. The fourth-order valence-corrected chi connectivity index (χ4v) is 2.61. The van der Waals surface area contributed by atoms with Crippen LogP contribution in [-0.4, -0.2) is 0 Å². The second kappa shape index (κ2) is 2.72. The molecule has 3 aliphatic rings. The van der Waals surface area contributed by atoms with Gasteiger partial charge in [-0.3, -0.25) is 0 Å². The molecule has 1 unspecified atom stereocenters. The Bertz CT molecular complexity index is 201. The average Bonchev–Trinajstić information content (AvgIpc) is 1.87. The molecule has 0 spiro atoms. The quantitative estimate of drug-likeness (QED) is 0.452. The van der Waals surface area contributed by atoms with Crippen molar-refractivity contribution in [3.8, 4) is 0 Å². The zero-order chi connectivity index (χ0) is 7.35. The first kappa shape index (κ1) is 9.49. The summed E-state index contributed by atoms with van der Waals surface area (Å²) in [6.07, 6.45) is 4.24. The molecule has 0 aromatic carbocycles. The van der Waals surface area contributed by atoms with E-state index in [2.05, 4.69) is 20.8 Å². The zero-order valence-corrected chi connectivity index (χ0v) is 9.07. The van der Waals surface area contributed by atoms with Crippen LogP contribution in [0.3, 0.4) is 0 Å². The molecule has 0 radical (unpaired) electrons. The van der Waals surface area contributed by atoms with Crippen molar-refractivity contribution in [3.63, 3.8) is 0 Å². The maximum Gasteiger partial charge on any atom is 0 e. The van der Waals surface area contributed by atoms with Crippen molar-refractivity contribution in [1.29, 1.82) is 0 Å². The zero-order valence-electron chi connectivity index (χ0n) is 7.51. The van der Waals surface area contributed by atoms with Gasteiger partial charge in [0, 0.05) is 20.4 Å². The summed E-state index contributed by atoms with van der Waals surface area (Å²) in [5.41, 5.74) is 4.04. The smallest absolute Gasteiger partial charge is 0 e. The summed E-state index contributed by atoms with van der Waals surface area (Å²) in [7, 11) is 0. The fraction of sp³-hybridized carbons (Fsp3) is 0.800. The van der Waals surface area contributed by atoms with Gasteiger partial charge in [0.2, 0.25) is 0 Å². The minimum atomic E-state index is 0. The van der Waals surface area contributed by atoms with Gasteiger partial charge in [-0.15, -0.1) is 0 Å². The standard InChI is InChI=1S/C10H16.Pd/c1-7-4-5-8-6-9(7)10(8,2)3;/h8H,4-6H2,1-3H3;. The van der Waals surface area contributed by atoms with E-state index in [0.29, 0.717) is 5.41 Å². The van der Waals surface area contributed by atoms with E-state index < -0.39 is 0 Å². The van der Waals surface area contributed by atoms with Crippen molar-refractivity contribution in [2.45, 2.75) is 40.0 Å². The minimum Gasteiger partial charge on any atom is -0.0735 e. The normalized spacial score (nSPS) is 32.5. The van der Waals surface area contributed by atoms with Gasteiger partial charge in [0.1, 0.15) is 0 Å². The molecule has 0 amide bonds. The molecule has 66 valence electrons. The number of allylic oxidation sites excluding steroid dienone is 2. The Morgan fingerprint density at radius 1 is 1.36 bits per heavy atom. The third-order valence-corrected chi connectivity index (χ3v) is 3.63. The maximum absolute atomic E-state index is 2.40. The molecule has 0 N–H and O–H groups in total. The van der Waals surface area contributed by atoms with Gasteiger partial charge in [0.15, 0.2) is 0 Å². The fourth-order valence-electron chi connectivity index (χ4n) is 2.61. The van der Waals surface area contributed by atoms with Crippen molar-refractivity contribution in [1.82, 2.24) is 0 Å². The Morgan fingerprint density at radius 2 is 2.00 bits per heavy atom. The van der Waals surface area contributed by atoms with E-state index in [9.17, 15) is 0 Å². The number of fused-ring (bicyclic) bond motifs is 2. The van der Waals surface area contributed by atoms with Crippen LogP contribution in [0.25, 0.3) is 0 Å². The van der Waals surface area contributed by atoms with Crippen LogP contribution in [0.5, 0.6) is 0 Å². The van der Waals surface area contributed by atoms with Gasteiger partial charge in [0.05, 0.1) is 0 Å². The van der Waals surface area contributed by atoms with Crippen LogP contribution in [0.4, 0.5) is 0 Å². The predicted octanol–water partition coefficient (Wildman–Crippen LogP) is 3.14. The van der Waals surface area contributed by atoms with Gasteiger partial charge >= 0.3 is 0 Å². The Labute approximate surface area is 83.1 Å². The first-order valence-corrected chi connectivity index (χ1v) is 4.31. The Balaban J connectivity index is 0.000000605. The monoisotopic (exact) mass is 242 g/mol. The summed E-state index contributed by atoms with van der Waals surface area (Å²) in [4.78, 5) is 0. The van der Waals surface area contributed by atoms with E-state index >= 15 is 0 Å². The topological polar surface area (TPSA) is 0 Å². The van der Waals surface area contributed by atoms with E-state index in [4.69, 9.17) is 0 Å². The summed E-state index contributed by atoms with van der Waals surface area (Å²) in [6, 6.07) is 0. The molecule has 3 aliphatic carbocycles. The van der Waals surface area contributed by atoms with Gasteiger partial charge < -0.3 is 0 Å². The van der Waals surface area contributed by atoms with Crippen LogP contribution in [0.15, 0.2) is 11.1 Å². The Kier molecular flexibility index (Phi) is 2.34. The molecule has 1 saturated carbocycles. The summed E-state index contributed by atoms with van der Waals surface area (Å²) >= 11 is 0. The van der Waals surface area contributed by atoms with E-state index in [-0.39, 0.29) is 20.4 Å². The van der Waals surface area contributed by atoms with E-state index in [1.54, 1.807) is 11.1 Å². The minimum absolute atomic E-state index is 0. The summed E-state index contributed by atoms with van der Waals surface area (Å²) in [6.45, 7) is 7.12. The van der Waals surface area contributed by atoms with Gasteiger partial charge in [-0.2, -0.15) is 0 Å². The van der Waals surface area contributed by atoms with Crippen molar-refractivity contribution >= 4 is 0 Å². The Morgan fingerprint density at radius 3 is 2.27 bits per heavy atom. The molecule has 2 bridgehead atoms. The van der Waals surface area contributed by atoms with Crippen molar-refractivity contribution in [2.75, 3.05) is 0 Å². The van der Waals surface area contributed by atoms with Crippen LogP contribution in [0.2, 0.25) is 0 Å². The third-order valence-electron chi connectivity index (χ3n) is 3.63. The second-order valence-electron chi connectivity index (χ2n) is 4.42. The molecule has 0 aromatic rings. The average molecular weight is 243 g/mol. The Hall–Kier alpha value is 0.402. The maximum atomic E-state index is 2.40. The summed E-state index contributed by atoms with van der Waals surface area (Å²) < 4.78 is 0. The van der Waals surface area contributed by atoms with E-state index in [1.807, 2.05) is 0 Å². The first-order valence-electron chi connectivity index (χ1n) is 4.31. The van der Waals surface area contributed by atoms with Crippen LogP contribution < -0.4 is 0 Å². The molecule has 0 saturated heterocycles. The van der Waals surface area contributed by atoms with Crippen LogP contribution in [0, 0.1) is 11.3 Å². The first-order chi connectivity index (χ1) is 4.62. The van der Waals surface area contributed by atoms with Crippen molar-refractivity contribution in [2.24, 2.45) is 11.3 Å². The number of hydrogen-bond donors (Lipinski definition) is 0. The van der Waals surface area contributed by atoms with Crippen LogP contribution >= 0.6 is 0 Å².